The standard InChI is InChI=1S/C11H14ClN3O/c12-10-3-1-2-8(10)6-15-11(16)9-4-13-7-14-5-9/h4-5,7-8,10H,1-3,6H2,(H,15,16). The van der Waals surface area contributed by atoms with Crippen molar-refractivity contribution in [1.82, 2.24) is 15.3 Å². The third-order valence-corrected chi connectivity index (χ3v) is 3.49. The molecule has 1 saturated carbocycles. The Morgan fingerprint density at radius 2 is 2.19 bits per heavy atom. The first-order valence-electron chi connectivity index (χ1n) is 5.44. The number of aromatic nitrogens is 2. The van der Waals surface area contributed by atoms with Crippen LogP contribution in [0.15, 0.2) is 18.7 Å². The van der Waals surface area contributed by atoms with Crippen molar-refractivity contribution in [3.8, 4) is 0 Å². The zero-order valence-electron chi connectivity index (χ0n) is 8.90. The lowest BCUT2D eigenvalue weighted by atomic mass is 10.1. The Kier molecular flexibility index (Phi) is 3.72. The number of hydrogen-bond acceptors (Lipinski definition) is 3. The zero-order chi connectivity index (χ0) is 11.4. The summed E-state index contributed by atoms with van der Waals surface area (Å²) in [6.45, 7) is 0.641. The lowest BCUT2D eigenvalue weighted by Gasteiger charge is -2.14. The van der Waals surface area contributed by atoms with E-state index < -0.39 is 0 Å². The van der Waals surface area contributed by atoms with Crippen molar-refractivity contribution in [3.63, 3.8) is 0 Å². The van der Waals surface area contributed by atoms with Crippen LogP contribution >= 0.6 is 11.6 Å². The van der Waals surface area contributed by atoms with Gasteiger partial charge < -0.3 is 5.32 Å². The summed E-state index contributed by atoms with van der Waals surface area (Å²) >= 11 is 6.13. The summed E-state index contributed by atoms with van der Waals surface area (Å²) in [5, 5.41) is 3.07. The van der Waals surface area contributed by atoms with Gasteiger partial charge in [0.25, 0.3) is 5.91 Å². The first-order valence-corrected chi connectivity index (χ1v) is 5.88. The second kappa shape index (κ2) is 5.25. The van der Waals surface area contributed by atoms with E-state index in [1.807, 2.05) is 0 Å². The molecule has 1 aromatic heterocycles. The summed E-state index contributed by atoms with van der Waals surface area (Å²) < 4.78 is 0. The van der Waals surface area contributed by atoms with Gasteiger partial charge >= 0.3 is 0 Å². The highest BCUT2D eigenvalue weighted by Crippen LogP contribution is 2.29. The molecule has 16 heavy (non-hydrogen) atoms. The lowest BCUT2D eigenvalue weighted by Crippen LogP contribution is -2.31. The van der Waals surface area contributed by atoms with Crippen molar-refractivity contribution in [2.75, 3.05) is 6.54 Å². The molecular weight excluding hydrogens is 226 g/mol. The number of halogens is 1. The van der Waals surface area contributed by atoms with Crippen LogP contribution in [0.1, 0.15) is 29.6 Å². The highest BCUT2D eigenvalue weighted by Gasteiger charge is 2.25. The maximum absolute atomic E-state index is 11.7. The maximum atomic E-state index is 11.7. The van der Waals surface area contributed by atoms with Gasteiger partial charge in [0.2, 0.25) is 0 Å². The predicted octanol–water partition coefficient (Wildman–Crippen LogP) is 1.61. The molecule has 2 unspecified atom stereocenters. The van der Waals surface area contributed by atoms with E-state index in [1.165, 1.54) is 18.7 Å². The summed E-state index contributed by atoms with van der Waals surface area (Å²) in [4.78, 5) is 19.3. The van der Waals surface area contributed by atoms with Crippen LogP contribution in [0.25, 0.3) is 0 Å². The fourth-order valence-electron chi connectivity index (χ4n) is 1.96. The van der Waals surface area contributed by atoms with Gasteiger partial charge in [-0.25, -0.2) is 9.97 Å². The van der Waals surface area contributed by atoms with E-state index >= 15 is 0 Å². The fourth-order valence-corrected chi connectivity index (χ4v) is 2.33. The number of amides is 1. The fraction of sp³-hybridized carbons (Fsp3) is 0.545. The summed E-state index contributed by atoms with van der Waals surface area (Å²) in [5.74, 6) is 0.270. The molecular formula is C11H14ClN3O. The van der Waals surface area contributed by atoms with Crippen LogP contribution in [0.4, 0.5) is 0 Å². The molecule has 4 nitrogen and oxygen atoms in total. The normalized spacial score (nSPS) is 24.3. The first kappa shape index (κ1) is 11.3. The zero-order valence-corrected chi connectivity index (χ0v) is 9.65. The molecule has 2 atom stereocenters. The van der Waals surface area contributed by atoms with E-state index in [1.54, 1.807) is 0 Å². The first-order chi connectivity index (χ1) is 7.77. The van der Waals surface area contributed by atoms with Crippen LogP contribution in [0.3, 0.4) is 0 Å². The van der Waals surface area contributed by atoms with Crippen molar-refractivity contribution in [2.24, 2.45) is 5.92 Å². The lowest BCUT2D eigenvalue weighted by molar-refractivity contribution is 0.0947. The van der Waals surface area contributed by atoms with Crippen LogP contribution < -0.4 is 5.32 Å². The van der Waals surface area contributed by atoms with Gasteiger partial charge in [-0.1, -0.05) is 6.42 Å². The van der Waals surface area contributed by atoms with Gasteiger partial charge in [0.05, 0.1) is 5.56 Å². The SMILES string of the molecule is O=C(NCC1CCCC1Cl)c1cncnc1. The summed E-state index contributed by atoms with van der Waals surface area (Å²) in [7, 11) is 0. The largest absolute Gasteiger partial charge is 0.352 e. The number of nitrogens with zero attached hydrogens (tertiary/aromatic N) is 2. The Balaban J connectivity index is 1.84. The van der Waals surface area contributed by atoms with Gasteiger partial charge in [0.1, 0.15) is 6.33 Å². The molecule has 0 radical (unpaired) electrons. The molecule has 1 N–H and O–H groups in total. The number of carbonyl (C=O) groups excluding carboxylic acids is 1. The Labute approximate surface area is 99.4 Å². The van der Waals surface area contributed by atoms with Gasteiger partial charge in [-0.3, -0.25) is 4.79 Å². The van der Waals surface area contributed by atoms with E-state index in [9.17, 15) is 4.79 Å². The number of hydrogen-bond donors (Lipinski definition) is 1. The second-order valence-electron chi connectivity index (χ2n) is 4.04. The molecule has 1 amide bonds. The number of carbonyl (C=O) groups is 1. The summed E-state index contributed by atoms with van der Waals surface area (Å²) in [6.07, 6.45) is 7.73. The Morgan fingerprint density at radius 3 is 2.81 bits per heavy atom. The smallest absolute Gasteiger partial charge is 0.254 e. The maximum Gasteiger partial charge on any atom is 0.254 e. The molecule has 1 heterocycles. The van der Waals surface area contributed by atoms with E-state index in [0.29, 0.717) is 18.0 Å². The quantitative estimate of drug-likeness (QED) is 0.816. The van der Waals surface area contributed by atoms with Gasteiger partial charge in [-0.2, -0.15) is 0 Å². The monoisotopic (exact) mass is 239 g/mol. The van der Waals surface area contributed by atoms with Crippen LogP contribution in [0.5, 0.6) is 0 Å². The molecule has 1 fully saturated rings. The summed E-state index contributed by atoms with van der Waals surface area (Å²) in [6, 6.07) is 0. The van der Waals surface area contributed by atoms with Crippen LogP contribution in [0.2, 0.25) is 0 Å². The molecule has 1 aromatic rings. The molecule has 86 valence electrons. The minimum atomic E-state index is -0.128. The minimum Gasteiger partial charge on any atom is -0.352 e. The topological polar surface area (TPSA) is 54.9 Å². The molecule has 0 bridgehead atoms. The molecule has 1 aliphatic carbocycles. The van der Waals surface area contributed by atoms with Crippen molar-refractivity contribution in [1.29, 1.82) is 0 Å². The molecule has 1 aliphatic rings. The van der Waals surface area contributed by atoms with Crippen molar-refractivity contribution >= 4 is 17.5 Å². The molecule has 0 spiro atoms. The molecule has 0 saturated heterocycles. The minimum absolute atomic E-state index is 0.128. The van der Waals surface area contributed by atoms with Crippen LogP contribution in [-0.4, -0.2) is 27.8 Å². The van der Waals surface area contributed by atoms with Gasteiger partial charge in [0.15, 0.2) is 0 Å². The highest BCUT2D eigenvalue weighted by molar-refractivity contribution is 6.21. The van der Waals surface area contributed by atoms with E-state index in [0.717, 1.165) is 19.3 Å². The third kappa shape index (κ3) is 2.70. The molecule has 0 aliphatic heterocycles. The van der Waals surface area contributed by atoms with Gasteiger partial charge in [-0.15, -0.1) is 11.6 Å². The average Bonchev–Trinajstić information content (AvgIpc) is 2.73. The van der Waals surface area contributed by atoms with Crippen molar-refractivity contribution < 1.29 is 4.79 Å². The number of rotatable bonds is 3. The van der Waals surface area contributed by atoms with Gasteiger partial charge in [0, 0.05) is 24.3 Å². The highest BCUT2D eigenvalue weighted by atomic mass is 35.5. The molecule has 5 heteroatoms. The predicted molar refractivity (Wildman–Crippen MR) is 61.3 cm³/mol. The van der Waals surface area contributed by atoms with E-state index in [4.69, 9.17) is 11.6 Å². The Bertz CT molecular complexity index is 358. The Hall–Kier alpha value is -1.16. The van der Waals surface area contributed by atoms with Gasteiger partial charge in [-0.05, 0) is 18.8 Å². The van der Waals surface area contributed by atoms with Crippen molar-refractivity contribution in [3.05, 3.63) is 24.3 Å². The molecule has 0 aromatic carbocycles. The Morgan fingerprint density at radius 1 is 1.44 bits per heavy atom. The van der Waals surface area contributed by atoms with E-state index in [2.05, 4.69) is 15.3 Å². The molecule has 2 rings (SSSR count). The van der Waals surface area contributed by atoms with Crippen LogP contribution in [0, 0.1) is 5.92 Å². The number of alkyl halides is 1. The third-order valence-electron chi connectivity index (χ3n) is 2.91. The summed E-state index contributed by atoms with van der Waals surface area (Å²) in [5.41, 5.74) is 0.492. The second-order valence-corrected chi connectivity index (χ2v) is 4.60. The van der Waals surface area contributed by atoms with E-state index in [-0.39, 0.29) is 11.3 Å². The van der Waals surface area contributed by atoms with Crippen LogP contribution in [-0.2, 0) is 0 Å². The van der Waals surface area contributed by atoms with Crippen molar-refractivity contribution in [2.45, 2.75) is 24.6 Å². The average molecular weight is 240 g/mol. The number of nitrogens with one attached hydrogen (secondary N) is 1.